The Morgan fingerprint density at radius 2 is 1.89 bits per heavy atom. The van der Waals surface area contributed by atoms with E-state index in [1.165, 1.54) is 12.1 Å². The van der Waals surface area contributed by atoms with E-state index in [4.69, 9.17) is 33.7 Å². The molecule has 18 heavy (non-hydrogen) atoms. The minimum Gasteiger partial charge on any atom is -0.485 e. The topological polar surface area (TPSA) is 35.2 Å². The van der Waals surface area contributed by atoms with Crippen molar-refractivity contribution in [2.75, 3.05) is 5.73 Å². The molecule has 0 atom stereocenters. The fraction of sp³-hybridized carbons (Fsp3) is 0.0769. The highest BCUT2D eigenvalue weighted by Gasteiger charge is 2.07. The van der Waals surface area contributed by atoms with Crippen molar-refractivity contribution in [2.45, 2.75) is 6.61 Å². The zero-order valence-electron chi connectivity index (χ0n) is 9.29. The second kappa shape index (κ2) is 5.46. The first-order valence-corrected chi connectivity index (χ1v) is 5.94. The molecule has 2 rings (SSSR count). The van der Waals surface area contributed by atoms with Crippen LogP contribution >= 0.6 is 23.2 Å². The summed E-state index contributed by atoms with van der Waals surface area (Å²) in [5.74, 6) is -0.0442. The molecule has 5 heteroatoms. The van der Waals surface area contributed by atoms with E-state index in [1.54, 1.807) is 24.3 Å². The Morgan fingerprint density at radius 3 is 2.56 bits per heavy atom. The Morgan fingerprint density at radius 1 is 1.11 bits per heavy atom. The van der Waals surface area contributed by atoms with Crippen molar-refractivity contribution in [3.63, 3.8) is 0 Å². The highest BCUT2D eigenvalue weighted by atomic mass is 35.5. The summed E-state index contributed by atoms with van der Waals surface area (Å²) in [5.41, 5.74) is 6.94. The highest BCUT2D eigenvalue weighted by Crippen LogP contribution is 2.31. The molecular formula is C13H10Cl2FNO. The first-order valence-electron chi connectivity index (χ1n) is 5.18. The summed E-state index contributed by atoms with van der Waals surface area (Å²) in [7, 11) is 0. The molecule has 0 aliphatic carbocycles. The molecular weight excluding hydrogens is 276 g/mol. The van der Waals surface area contributed by atoms with Gasteiger partial charge in [0.15, 0.2) is 5.75 Å². The van der Waals surface area contributed by atoms with E-state index in [-0.39, 0.29) is 11.6 Å². The molecule has 0 saturated carbocycles. The molecule has 0 saturated heterocycles. The van der Waals surface area contributed by atoms with Gasteiger partial charge in [0, 0.05) is 0 Å². The van der Waals surface area contributed by atoms with Crippen molar-refractivity contribution >= 4 is 28.9 Å². The second-order valence-electron chi connectivity index (χ2n) is 3.70. The molecule has 94 valence electrons. The van der Waals surface area contributed by atoms with Crippen molar-refractivity contribution in [2.24, 2.45) is 0 Å². The Kier molecular flexibility index (Phi) is 3.94. The first-order chi connectivity index (χ1) is 8.58. The van der Waals surface area contributed by atoms with E-state index in [0.29, 0.717) is 16.5 Å². The summed E-state index contributed by atoms with van der Waals surface area (Å²) in [6.07, 6.45) is 0. The fourth-order valence-electron chi connectivity index (χ4n) is 1.46. The molecule has 2 N–H and O–H groups in total. The number of para-hydroxylation sites is 1. The third-order valence-electron chi connectivity index (χ3n) is 2.36. The van der Waals surface area contributed by atoms with Crippen molar-refractivity contribution in [1.82, 2.24) is 0 Å². The van der Waals surface area contributed by atoms with Crippen LogP contribution in [0, 0.1) is 5.82 Å². The molecule has 2 aromatic carbocycles. The Labute approximate surface area is 114 Å². The van der Waals surface area contributed by atoms with Crippen LogP contribution in [-0.2, 0) is 6.61 Å². The number of nitrogen functional groups attached to an aromatic ring is 1. The van der Waals surface area contributed by atoms with Gasteiger partial charge in [-0.05, 0) is 29.8 Å². The van der Waals surface area contributed by atoms with Crippen molar-refractivity contribution < 1.29 is 9.13 Å². The van der Waals surface area contributed by atoms with Crippen LogP contribution in [0.5, 0.6) is 5.75 Å². The average Bonchev–Trinajstić information content (AvgIpc) is 2.33. The summed E-state index contributed by atoms with van der Waals surface area (Å²) in [4.78, 5) is 0. The number of anilines is 1. The third-order valence-corrected chi connectivity index (χ3v) is 2.95. The van der Waals surface area contributed by atoms with Crippen LogP contribution in [0.25, 0.3) is 0 Å². The number of hydrogen-bond donors (Lipinski definition) is 1. The monoisotopic (exact) mass is 285 g/mol. The van der Waals surface area contributed by atoms with Crippen LogP contribution in [0.15, 0.2) is 36.4 Å². The van der Waals surface area contributed by atoms with Gasteiger partial charge in [0.1, 0.15) is 12.4 Å². The predicted molar refractivity (Wildman–Crippen MR) is 71.6 cm³/mol. The van der Waals surface area contributed by atoms with Crippen LogP contribution in [0.2, 0.25) is 10.0 Å². The molecule has 0 aromatic heterocycles. The van der Waals surface area contributed by atoms with E-state index >= 15 is 0 Å². The average molecular weight is 286 g/mol. The van der Waals surface area contributed by atoms with Crippen LogP contribution in [0.1, 0.15) is 5.56 Å². The maximum Gasteiger partial charge on any atom is 0.161 e. The first kappa shape index (κ1) is 13.0. The third kappa shape index (κ3) is 2.86. The molecule has 2 nitrogen and oxygen atoms in total. The van der Waals surface area contributed by atoms with Gasteiger partial charge in [-0.3, -0.25) is 0 Å². The van der Waals surface area contributed by atoms with E-state index in [1.807, 2.05) is 0 Å². The molecule has 0 unspecified atom stereocenters. The van der Waals surface area contributed by atoms with Gasteiger partial charge in [-0.1, -0.05) is 35.3 Å². The Bertz CT molecular complexity index is 555. The standard InChI is InChI=1S/C13H10Cl2FNO/c14-9-2-1-3-12(17)13(9)18-7-8-4-5-11(16)10(15)6-8/h1-6H,7,17H2. The zero-order valence-corrected chi connectivity index (χ0v) is 10.8. The highest BCUT2D eigenvalue weighted by molar-refractivity contribution is 6.32. The van der Waals surface area contributed by atoms with Gasteiger partial charge in [-0.2, -0.15) is 0 Å². The number of benzene rings is 2. The number of hydrogen-bond acceptors (Lipinski definition) is 2. The fourth-order valence-corrected chi connectivity index (χ4v) is 1.90. The molecule has 2 aromatic rings. The van der Waals surface area contributed by atoms with Crippen molar-refractivity contribution in [3.05, 3.63) is 57.8 Å². The SMILES string of the molecule is Nc1cccc(Cl)c1OCc1ccc(F)c(Cl)c1. The van der Waals surface area contributed by atoms with E-state index in [2.05, 4.69) is 0 Å². The van der Waals surface area contributed by atoms with E-state index < -0.39 is 5.82 Å². The molecule has 0 heterocycles. The summed E-state index contributed by atoms with van der Waals surface area (Å²) in [6.45, 7) is 0.216. The quantitative estimate of drug-likeness (QED) is 0.854. The lowest BCUT2D eigenvalue weighted by Crippen LogP contribution is -1.99. The minimum atomic E-state index is -0.460. The molecule has 0 aliphatic heterocycles. The number of nitrogens with two attached hydrogens (primary N) is 1. The van der Waals surface area contributed by atoms with Crippen LogP contribution in [0.3, 0.4) is 0 Å². The summed E-state index contributed by atoms with van der Waals surface area (Å²) < 4.78 is 18.5. The molecule has 0 aliphatic rings. The lowest BCUT2D eigenvalue weighted by atomic mass is 10.2. The van der Waals surface area contributed by atoms with Crippen LogP contribution < -0.4 is 10.5 Å². The minimum absolute atomic E-state index is 0.0585. The van der Waals surface area contributed by atoms with Gasteiger partial charge >= 0.3 is 0 Å². The summed E-state index contributed by atoms with van der Waals surface area (Å²) in [5, 5.41) is 0.492. The molecule has 0 radical (unpaired) electrons. The number of halogens is 3. The van der Waals surface area contributed by atoms with E-state index in [0.717, 1.165) is 5.56 Å². The van der Waals surface area contributed by atoms with Gasteiger partial charge in [0.05, 0.1) is 15.7 Å². The van der Waals surface area contributed by atoms with Crippen LogP contribution in [0.4, 0.5) is 10.1 Å². The van der Waals surface area contributed by atoms with Crippen molar-refractivity contribution in [3.8, 4) is 5.75 Å². The van der Waals surface area contributed by atoms with Gasteiger partial charge in [-0.25, -0.2) is 4.39 Å². The molecule has 0 amide bonds. The second-order valence-corrected chi connectivity index (χ2v) is 4.51. The maximum atomic E-state index is 13.0. The lowest BCUT2D eigenvalue weighted by Gasteiger charge is -2.10. The molecule has 0 spiro atoms. The predicted octanol–water partition coefficient (Wildman–Crippen LogP) is 4.29. The Balaban J connectivity index is 2.14. The van der Waals surface area contributed by atoms with Gasteiger partial charge in [0.25, 0.3) is 0 Å². The largest absolute Gasteiger partial charge is 0.485 e. The van der Waals surface area contributed by atoms with Crippen LogP contribution in [-0.4, -0.2) is 0 Å². The van der Waals surface area contributed by atoms with Gasteiger partial charge in [0.2, 0.25) is 0 Å². The Hall–Kier alpha value is -1.45. The van der Waals surface area contributed by atoms with Gasteiger partial charge < -0.3 is 10.5 Å². The number of rotatable bonds is 3. The van der Waals surface area contributed by atoms with Crippen molar-refractivity contribution in [1.29, 1.82) is 0 Å². The normalized spacial score (nSPS) is 10.4. The van der Waals surface area contributed by atoms with E-state index in [9.17, 15) is 4.39 Å². The maximum absolute atomic E-state index is 13.0. The summed E-state index contributed by atoms with van der Waals surface area (Å²) >= 11 is 11.6. The number of ether oxygens (including phenoxy) is 1. The zero-order chi connectivity index (χ0) is 13.1. The summed E-state index contributed by atoms with van der Waals surface area (Å²) in [6, 6.07) is 9.50. The lowest BCUT2D eigenvalue weighted by molar-refractivity contribution is 0.308. The molecule has 0 fully saturated rings. The smallest absolute Gasteiger partial charge is 0.161 e. The molecule has 0 bridgehead atoms. The van der Waals surface area contributed by atoms with Gasteiger partial charge in [-0.15, -0.1) is 0 Å².